The summed E-state index contributed by atoms with van der Waals surface area (Å²) in [6.45, 7) is 5.21. The maximum Gasteiger partial charge on any atom is 0.320 e. The Labute approximate surface area is 129 Å². The Morgan fingerprint density at radius 1 is 0.810 bits per heavy atom. The van der Waals surface area contributed by atoms with Crippen LogP contribution in [0.3, 0.4) is 0 Å². The summed E-state index contributed by atoms with van der Waals surface area (Å²) in [5.74, 6) is 0.720. The van der Waals surface area contributed by atoms with Crippen molar-refractivity contribution in [1.29, 1.82) is 0 Å². The van der Waals surface area contributed by atoms with E-state index in [0.717, 1.165) is 38.6 Å². The van der Waals surface area contributed by atoms with E-state index in [1.165, 1.54) is 57.8 Å². The van der Waals surface area contributed by atoms with Crippen molar-refractivity contribution in [2.45, 2.75) is 63.8 Å². The topological polar surface area (TPSA) is 35.6 Å². The molecule has 2 amide bonds. The molecule has 1 N–H and O–H groups in total. The van der Waals surface area contributed by atoms with Crippen LogP contribution in [0.15, 0.2) is 0 Å². The van der Waals surface area contributed by atoms with Crippen LogP contribution in [0.25, 0.3) is 0 Å². The Balaban J connectivity index is 1.69. The number of nitrogens with one attached hydrogen (secondary N) is 1. The second-order valence-electron chi connectivity index (χ2n) is 7.03. The molecular formula is C17H31N3O. The Bertz CT molecular complexity index is 335. The normalized spacial score (nSPS) is 29.2. The lowest BCUT2D eigenvalue weighted by molar-refractivity contribution is 0.0987. The van der Waals surface area contributed by atoms with Crippen molar-refractivity contribution in [2.75, 3.05) is 32.7 Å². The van der Waals surface area contributed by atoms with Crippen LogP contribution in [0.2, 0.25) is 0 Å². The quantitative estimate of drug-likeness (QED) is 0.807. The first-order valence-corrected chi connectivity index (χ1v) is 9.12. The molecule has 0 aromatic carbocycles. The molecule has 3 fully saturated rings. The van der Waals surface area contributed by atoms with Gasteiger partial charge in [0.1, 0.15) is 0 Å². The van der Waals surface area contributed by atoms with Crippen molar-refractivity contribution in [1.82, 2.24) is 15.1 Å². The molecule has 4 heteroatoms. The summed E-state index contributed by atoms with van der Waals surface area (Å²) >= 11 is 0. The molecule has 1 unspecified atom stereocenters. The van der Waals surface area contributed by atoms with Gasteiger partial charge in [0, 0.05) is 25.7 Å². The van der Waals surface area contributed by atoms with Crippen LogP contribution in [-0.2, 0) is 0 Å². The zero-order valence-corrected chi connectivity index (χ0v) is 13.4. The summed E-state index contributed by atoms with van der Waals surface area (Å²) in [6.07, 6.45) is 11.2. The number of likely N-dealkylation sites (tertiary alicyclic amines) is 2. The van der Waals surface area contributed by atoms with E-state index in [9.17, 15) is 4.79 Å². The SMILES string of the molecule is O=C(N1CCCCC1)N1CCCCCC1C1CCNCC1. The summed E-state index contributed by atoms with van der Waals surface area (Å²) in [7, 11) is 0. The first-order valence-electron chi connectivity index (χ1n) is 9.12. The number of carbonyl (C=O) groups is 1. The van der Waals surface area contributed by atoms with Crippen LogP contribution in [0, 0.1) is 5.92 Å². The number of amides is 2. The number of hydrogen-bond donors (Lipinski definition) is 1. The van der Waals surface area contributed by atoms with Crippen molar-refractivity contribution in [3.63, 3.8) is 0 Å². The van der Waals surface area contributed by atoms with E-state index < -0.39 is 0 Å². The molecule has 3 aliphatic heterocycles. The maximum absolute atomic E-state index is 13.0. The molecule has 120 valence electrons. The Morgan fingerprint density at radius 2 is 1.48 bits per heavy atom. The average molecular weight is 293 g/mol. The van der Waals surface area contributed by atoms with Gasteiger partial charge in [-0.2, -0.15) is 0 Å². The minimum absolute atomic E-state index is 0.347. The van der Waals surface area contributed by atoms with Gasteiger partial charge in [-0.1, -0.05) is 12.8 Å². The molecule has 1 atom stereocenters. The third-order valence-corrected chi connectivity index (χ3v) is 5.60. The summed E-state index contributed by atoms with van der Waals surface area (Å²) in [5.41, 5.74) is 0. The van der Waals surface area contributed by atoms with Crippen LogP contribution < -0.4 is 5.32 Å². The fourth-order valence-corrected chi connectivity index (χ4v) is 4.36. The van der Waals surface area contributed by atoms with Crippen molar-refractivity contribution in [2.24, 2.45) is 5.92 Å². The Kier molecular flexibility index (Phi) is 5.39. The fraction of sp³-hybridized carbons (Fsp3) is 0.941. The maximum atomic E-state index is 13.0. The van der Waals surface area contributed by atoms with Gasteiger partial charge in [0.15, 0.2) is 0 Å². The highest BCUT2D eigenvalue weighted by Gasteiger charge is 2.34. The Morgan fingerprint density at radius 3 is 2.24 bits per heavy atom. The van der Waals surface area contributed by atoms with Crippen molar-refractivity contribution in [3.8, 4) is 0 Å². The van der Waals surface area contributed by atoms with Gasteiger partial charge in [-0.3, -0.25) is 0 Å². The van der Waals surface area contributed by atoms with Crippen molar-refractivity contribution in [3.05, 3.63) is 0 Å². The fourth-order valence-electron chi connectivity index (χ4n) is 4.36. The molecule has 0 radical (unpaired) electrons. The van der Waals surface area contributed by atoms with Crippen LogP contribution in [0.5, 0.6) is 0 Å². The molecule has 0 aromatic heterocycles. The minimum atomic E-state index is 0.347. The predicted molar refractivity (Wildman–Crippen MR) is 85.4 cm³/mol. The molecule has 3 heterocycles. The molecule has 0 aliphatic carbocycles. The van der Waals surface area contributed by atoms with E-state index in [-0.39, 0.29) is 0 Å². The van der Waals surface area contributed by atoms with E-state index in [1.807, 2.05) is 0 Å². The van der Waals surface area contributed by atoms with Gasteiger partial charge in [0.25, 0.3) is 0 Å². The molecule has 0 saturated carbocycles. The number of nitrogens with zero attached hydrogens (tertiary/aromatic N) is 2. The third-order valence-electron chi connectivity index (χ3n) is 5.60. The predicted octanol–water partition coefficient (Wildman–Crippen LogP) is 2.84. The molecule has 0 aromatic rings. The van der Waals surface area contributed by atoms with Gasteiger partial charge in [-0.15, -0.1) is 0 Å². The lowest BCUT2D eigenvalue weighted by Crippen LogP contribution is -2.52. The molecule has 0 bridgehead atoms. The van der Waals surface area contributed by atoms with E-state index >= 15 is 0 Å². The van der Waals surface area contributed by atoms with Crippen LogP contribution in [-0.4, -0.2) is 54.6 Å². The Hall–Kier alpha value is -0.770. The minimum Gasteiger partial charge on any atom is -0.325 e. The zero-order chi connectivity index (χ0) is 14.5. The highest BCUT2D eigenvalue weighted by atomic mass is 16.2. The summed E-state index contributed by atoms with van der Waals surface area (Å²) < 4.78 is 0. The van der Waals surface area contributed by atoms with E-state index in [1.54, 1.807) is 0 Å². The number of carbonyl (C=O) groups excluding carboxylic acids is 1. The number of hydrogen-bond acceptors (Lipinski definition) is 2. The van der Waals surface area contributed by atoms with Gasteiger partial charge in [0.05, 0.1) is 0 Å². The third kappa shape index (κ3) is 3.71. The van der Waals surface area contributed by atoms with Crippen molar-refractivity contribution >= 4 is 6.03 Å². The van der Waals surface area contributed by atoms with Gasteiger partial charge in [0.2, 0.25) is 0 Å². The lowest BCUT2D eigenvalue weighted by Gasteiger charge is -2.41. The molecule has 3 saturated heterocycles. The van der Waals surface area contributed by atoms with Crippen LogP contribution in [0.4, 0.5) is 4.79 Å². The molecule has 0 spiro atoms. The molecule has 21 heavy (non-hydrogen) atoms. The standard InChI is InChI=1S/C17H31N3O/c21-17(19-12-4-2-5-13-19)20-14-6-1-3-7-16(20)15-8-10-18-11-9-15/h15-16,18H,1-14H2. The highest BCUT2D eigenvalue weighted by molar-refractivity contribution is 5.75. The van der Waals surface area contributed by atoms with Gasteiger partial charge < -0.3 is 15.1 Å². The van der Waals surface area contributed by atoms with Gasteiger partial charge in [-0.25, -0.2) is 4.79 Å². The van der Waals surface area contributed by atoms with E-state index in [2.05, 4.69) is 15.1 Å². The molecular weight excluding hydrogens is 262 g/mol. The second-order valence-corrected chi connectivity index (χ2v) is 7.03. The number of urea groups is 1. The lowest BCUT2D eigenvalue weighted by atomic mass is 9.87. The van der Waals surface area contributed by atoms with Crippen molar-refractivity contribution < 1.29 is 4.79 Å². The van der Waals surface area contributed by atoms with Crippen LogP contribution in [0.1, 0.15) is 57.8 Å². The first kappa shape index (κ1) is 15.1. The summed E-state index contributed by atoms with van der Waals surface area (Å²) in [4.78, 5) is 17.4. The second kappa shape index (κ2) is 7.48. The van der Waals surface area contributed by atoms with Crippen LogP contribution >= 0.6 is 0 Å². The largest absolute Gasteiger partial charge is 0.325 e. The molecule has 4 nitrogen and oxygen atoms in total. The van der Waals surface area contributed by atoms with E-state index in [4.69, 9.17) is 0 Å². The smallest absolute Gasteiger partial charge is 0.320 e. The average Bonchev–Trinajstić information content (AvgIpc) is 2.81. The first-order chi connectivity index (χ1) is 10.4. The summed E-state index contributed by atoms with van der Waals surface area (Å²) in [5, 5.41) is 3.46. The summed E-state index contributed by atoms with van der Waals surface area (Å²) in [6, 6.07) is 0.851. The molecule has 3 aliphatic rings. The highest BCUT2D eigenvalue weighted by Crippen LogP contribution is 2.29. The van der Waals surface area contributed by atoms with Gasteiger partial charge in [-0.05, 0) is 64.0 Å². The number of piperidine rings is 2. The van der Waals surface area contributed by atoms with E-state index in [0.29, 0.717) is 12.1 Å². The monoisotopic (exact) mass is 293 g/mol. The number of rotatable bonds is 1. The van der Waals surface area contributed by atoms with Gasteiger partial charge >= 0.3 is 6.03 Å². The molecule has 3 rings (SSSR count). The zero-order valence-electron chi connectivity index (χ0n) is 13.4.